The van der Waals surface area contributed by atoms with Gasteiger partial charge in [0.05, 0.1) is 0 Å². The van der Waals surface area contributed by atoms with Crippen molar-refractivity contribution in [3.63, 3.8) is 0 Å². The summed E-state index contributed by atoms with van der Waals surface area (Å²) in [6, 6.07) is 9.64. The van der Waals surface area contributed by atoms with E-state index in [0.717, 1.165) is 11.1 Å². The summed E-state index contributed by atoms with van der Waals surface area (Å²) in [5.41, 5.74) is 3.52. The highest BCUT2D eigenvalue weighted by Crippen LogP contribution is 2.29. The number of nitrogens with one attached hydrogen (secondary N) is 1. The first-order valence-electron chi connectivity index (χ1n) is 5.83. The third kappa shape index (κ3) is 2.39. The minimum atomic E-state index is -0.780. The van der Waals surface area contributed by atoms with E-state index in [1.807, 2.05) is 37.3 Å². The van der Waals surface area contributed by atoms with Crippen LogP contribution in [-0.2, 0) is 4.79 Å². The number of aliphatic carboxylic acids is 1. The second kappa shape index (κ2) is 4.72. The van der Waals surface area contributed by atoms with Crippen LogP contribution >= 0.6 is 0 Å². The van der Waals surface area contributed by atoms with Crippen LogP contribution in [0.25, 0.3) is 5.57 Å². The molecule has 0 fully saturated rings. The normalized spacial score (nSPS) is 24.8. The first-order valence-corrected chi connectivity index (χ1v) is 5.83. The van der Waals surface area contributed by atoms with Crippen molar-refractivity contribution in [2.24, 2.45) is 0 Å². The molecule has 0 amide bonds. The molecular weight excluding hydrogens is 214 g/mol. The predicted octanol–water partition coefficient (Wildman–Crippen LogP) is 2.30. The van der Waals surface area contributed by atoms with Crippen LogP contribution in [-0.4, -0.2) is 23.2 Å². The van der Waals surface area contributed by atoms with Crippen LogP contribution in [0.1, 0.15) is 25.8 Å². The van der Waals surface area contributed by atoms with Crippen molar-refractivity contribution in [2.75, 3.05) is 0 Å². The summed E-state index contributed by atoms with van der Waals surface area (Å²) in [4.78, 5) is 11.1. The van der Waals surface area contributed by atoms with Gasteiger partial charge in [-0.3, -0.25) is 10.1 Å². The van der Waals surface area contributed by atoms with E-state index in [4.69, 9.17) is 5.11 Å². The van der Waals surface area contributed by atoms with E-state index >= 15 is 0 Å². The fourth-order valence-corrected chi connectivity index (χ4v) is 2.26. The third-order valence-electron chi connectivity index (χ3n) is 3.41. The van der Waals surface area contributed by atoms with E-state index in [9.17, 15) is 4.79 Å². The number of hydrogen-bond donors (Lipinski definition) is 2. The standard InChI is InChI=1S/C14H17NO2/c1-9-10(2)15-13(14(16)17)8-12(9)11-6-4-3-5-7-11/h3-7,10,13,15H,8H2,1-2H3,(H,16,17)/t10-,13-/m0/s1. The Labute approximate surface area is 101 Å². The minimum Gasteiger partial charge on any atom is -0.480 e. The van der Waals surface area contributed by atoms with E-state index in [-0.39, 0.29) is 6.04 Å². The maximum atomic E-state index is 11.1. The lowest BCUT2D eigenvalue weighted by Gasteiger charge is -2.30. The topological polar surface area (TPSA) is 49.3 Å². The molecule has 17 heavy (non-hydrogen) atoms. The Morgan fingerprint density at radius 2 is 2.00 bits per heavy atom. The fraction of sp³-hybridized carbons (Fsp3) is 0.357. The first-order chi connectivity index (χ1) is 8.09. The third-order valence-corrected chi connectivity index (χ3v) is 3.41. The number of hydrogen-bond acceptors (Lipinski definition) is 2. The number of carboxylic acid groups (broad SMARTS) is 1. The lowest BCUT2D eigenvalue weighted by Crippen LogP contribution is -2.46. The average molecular weight is 231 g/mol. The van der Waals surface area contributed by atoms with Gasteiger partial charge in [0, 0.05) is 6.04 Å². The largest absolute Gasteiger partial charge is 0.480 e. The van der Waals surface area contributed by atoms with E-state index in [1.165, 1.54) is 5.57 Å². The molecule has 0 saturated heterocycles. The summed E-state index contributed by atoms with van der Waals surface area (Å²) in [6.07, 6.45) is 0.551. The number of carbonyl (C=O) groups is 1. The molecule has 3 heteroatoms. The number of benzene rings is 1. The van der Waals surface area contributed by atoms with Gasteiger partial charge in [-0.05, 0) is 31.4 Å². The predicted molar refractivity (Wildman–Crippen MR) is 67.7 cm³/mol. The second-order valence-corrected chi connectivity index (χ2v) is 4.51. The molecule has 0 unspecified atom stereocenters. The highest BCUT2D eigenvalue weighted by Gasteiger charge is 2.28. The molecular formula is C14H17NO2. The maximum absolute atomic E-state index is 11.1. The van der Waals surface area contributed by atoms with Gasteiger partial charge in [-0.1, -0.05) is 35.9 Å². The van der Waals surface area contributed by atoms with Gasteiger partial charge in [0.15, 0.2) is 0 Å². The number of carboxylic acids is 1. The van der Waals surface area contributed by atoms with Gasteiger partial charge in [0.1, 0.15) is 6.04 Å². The zero-order valence-corrected chi connectivity index (χ0v) is 10.1. The van der Waals surface area contributed by atoms with E-state index in [0.29, 0.717) is 6.42 Å². The summed E-state index contributed by atoms with van der Waals surface area (Å²) in [5.74, 6) is -0.780. The molecule has 1 aromatic rings. The van der Waals surface area contributed by atoms with Gasteiger partial charge in [-0.15, -0.1) is 0 Å². The van der Waals surface area contributed by atoms with E-state index in [1.54, 1.807) is 0 Å². The molecule has 90 valence electrons. The van der Waals surface area contributed by atoms with E-state index < -0.39 is 12.0 Å². The van der Waals surface area contributed by atoms with Crippen molar-refractivity contribution in [3.05, 3.63) is 41.5 Å². The Balaban J connectivity index is 2.37. The molecule has 0 radical (unpaired) electrons. The summed E-state index contributed by atoms with van der Waals surface area (Å²) >= 11 is 0. The van der Waals surface area contributed by atoms with Crippen molar-refractivity contribution in [3.8, 4) is 0 Å². The van der Waals surface area contributed by atoms with Crippen LogP contribution in [0.2, 0.25) is 0 Å². The Morgan fingerprint density at radius 1 is 1.35 bits per heavy atom. The van der Waals surface area contributed by atoms with Crippen LogP contribution in [0.15, 0.2) is 35.9 Å². The zero-order chi connectivity index (χ0) is 12.4. The number of rotatable bonds is 2. The molecule has 0 saturated carbocycles. The van der Waals surface area contributed by atoms with Crippen LogP contribution in [0.5, 0.6) is 0 Å². The average Bonchev–Trinajstić information content (AvgIpc) is 2.33. The maximum Gasteiger partial charge on any atom is 0.321 e. The van der Waals surface area contributed by atoms with Gasteiger partial charge in [-0.2, -0.15) is 0 Å². The molecule has 3 nitrogen and oxygen atoms in total. The second-order valence-electron chi connectivity index (χ2n) is 4.51. The highest BCUT2D eigenvalue weighted by molar-refractivity contribution is 5.80. The fourth-order valence-electron chi connectivity index (χ4n) is 2.26. The van der Waals surface area contributed by atoms with Gasteiger partial charge < -0.3 is 5.11 Å². The lowest BCUT2D eigenvalue weighted by molar-refractivity contribution is -0.139. The highest BCUT2D eigenvalue weighted by atomic mass is 16.4. The van der Waals surface area contributed by atoms with Gasteiger partial charge in [-0.25, -0.2) is 0 Å². The monoisotopic (exact) mass is 231 g/mol. The van der Waals surface area contributed by atoms with Gasteiger partial charge >= 0.3 is 5.97 Å². The smallest absolute Gasteiger partial charge is 0.321 e. The van der Waals surface area contributed by atoms with Gasteiger partial charge in [0.25, 0.3) is 0 Å². The first kappa shape index (κ1) is 11.9. The lowest BCUT2D eigenvalue weighted by atomic mass is 9.87. The van der Waals surface area contributed by atoms with Crippen molar-refractivity contribution in [1.82, 2.24) is 5.32 Å². The molecule has 2 rings (SSSR count). The summed E-state index contributed by atoms with van der Waals surface area (Å²) in [7, 11) is 0. The molecule has 0 spiro atoms. The van der Waals surface area contributed by atoms with Gasteiger partial charge in [0.2, 0.25) is 0 Å². The van der Waals surface area contributed by atoms with Crippen LogP contribution in [0.4, 0.5) is 0 Å². The Kier molecular flexibility index (Phi) is 3.29. The molecule has 1 aliphatic rings. The summed E-state index contributed by atoms with van der Waals surface area (Å²) in [5, 5.41) is 12.2. The minimum absolute atomic E-state index is 0.111. The molecule has 2 N–H and O–H groups in total. The van der Waals surface area contributed by atoms with Crippen LogP contribution in [0, 0.1) is 0 Å². The molecule has 2 atom stereocenters. The molecule has 1 aromatic carbocycles. The van der Waals surface area contributed by atoms with Crippen molar-refractivity contribution >= 4 is 11.5 Å². The van der Waals surface area contributed by atoms with Crippen LogP contribution in [0.3, 0.4) is 0 Å². The Hall–Kier alpha value is -1.61. The summed E-state index contributed by atoms with van der Waals surface area (Å²) in [6.45, 7) is 4.07. The molecule has 0 aromatic heterocycles. The molecule has 1 aliphatic heterocycles. The molecule has 1 heterocycles. The SMILES string of the molecule is CC1=C(c2ccccc2)C[C@@H](C(=O)O)N[C@H]1C. The summed E-state index contributed by atoms with van der Waals surface area (Å²) < 4.78 is 0. The molecule has 0 bridgehead atoms. The quantitative estimate of drug-likeness (QED) is 0.821. The molecule has 0 aliphatic carbocycles. The zero-order valence-electron chi connectivity index (χ0n) is 10.1. The van der Waals surface area contributed by atoms with Crippen molar-refractivity contribution in [1.29, 1.82) is 0 Å². The Morgan fingerprint density at radius 3 is 2.59 bits per heavy atom. The van der Waals surface area contributed by atoms with E-state index in [2.05, 4.69) is 12.2 Å². The van der Waals surface area contributed by atoms with Crippen LogP contribution < -0.4 is 5.32 Å². The van der Waals surface area contributed by atoms with Crippen molar-refractivity contribution < 1.29 is 9.90 Å². The Bertz CT molecular complexity index is 451. The van der Waals surface area contributed by atoms with Crippen molar-refractivity contribution in [2.45, 2.75) is 32.4 Å².